The molecule has 19 heavy (non-hydrogen) atoms. The fourth-order valence-electron chi connectivity index (χ4n) is 1.58. The minimum Gasteiger partial charge on any atom is -0.330 e. The lowest BCUT2D eigenvalue weighted by Gasteiger charge is -2.24. The maximum absolute atomic E-state index is 13.5. The number of hydrogen-bond acceptors (Lipinski definition) is 3. The summed E-state index contributed by atoms with van der Waals surface area (Å²) in [7, 11) is -3.19. The van der Waals surface area contributed by atoms with Gasteiger partial charge < -0.3 is 5.73 Å². The Kier molecular flexibility index (Phi) is 4.94. The standard InChI is InChI=1S/C11H15F3N2O2S/c1-7(3-4-15)16(2)19(17,18)11-9(13)5-8(12)6-10(11)14/h5-7H,3-4,15H2,1-2H3. The highest BCUT2D eigenvalue weighted by molar-refractivity contribution is 7.89. The molecule has 8 heteroatoms. The van der Waals surface area contributed by atoms with Gasteiger partial charge in [-0.1, -0.05) is 0 Å². The quantitative estimate of drug-likeness (QED) is 0.895. The smallest absolute Gasteiger partial charge is 0.248 e. The Labute approximate surface area is 110 Å². The van der Waals surface area contributed by atoms with Crippen molar-refractivity contribution in [1.82, 2.24) is 4.31 Å². The zero-order valence-corrected chi connectivity index (χ0v) is 11.3. The Balaban J connectivity index is 3.28. The van der Waals surface area contributed by atoms with E-state index in [1.54, 1.807) is 6.92 Å². The molecule has 1 rings (SSSR count). The van der Waals surface area contributed by atoms with E-state index in [9.17, 15) is 21.6 Å². The first kappa shape index (κ1) is 15.9. The number of rotatable bonds is 5. The molecule has 0 saturated heterocycles. The van der Waals surface area contributed by atoms with E-state index in [0.29, 0.717) is 18.6 Å². The summed E-state index contributed by atoms with van der Waals surface area (Å²) in [6, 6.07) is 0.133. The predicted molar refractivity (Wildman–Crippen MR) is 64.4 cm³/mol. The van der Waals surface area contributed by atoms with Crippen molar-refractivity contribution in [3.8, 4) is 0 Å². The monoisotopic (exact) mass is 296 g/mol. The van der Waals surface area contributed by atoms with E-state index in [4.69, 9.17) is 5.73 Å². The Bertz CT molecular complexity index is 540. The summed E-state index contributed by atoms with van der Waals surface area (Å²) in [5, 5.41) is 0. The van der Waals surface area contributed by atoms with E-state index >= 15 is 0 Å². The predicted octanol–water partition coefficient (Wildman–Crippen LogP) is 1.46. The molecule has 0 radical (unpaired) electrons. The first-order chi connectivity index (χ1) is 8.71. The lowest BCUT2D eigenvalue weighted by Crippen LogP contribution is -2.37. The van der Waals surface area contributed by atoms with Crippen LogP contribution in [0.4, 0.5) is 13.2 Å². The number of nitrogens with zero attached hydrogens (tertiary/aromatic N) is 1. The van der Waals surface area contributed by atoms with Crippen LogP contribution in [-0.4, -0.2) is 32.4 Å². The Morgan fingerprint density at radius 3 is 2.16 bits per heavy atom. The van der Waals surface area contributed by atoms with Crippen LogP contribution in [0, 0.1) is 17.5 Å². The van der Waals surface area contributed by atoms with E-state index in [1.807, 2.05) is 0 Å². The molecule has 108 valence electrons. The SMILES string of the molecule is CC(CCN)N(C)S(=O)(=O)c1c(F)cc(F)cc1F. The molecule has 1 aromatic carbocycles. The molecule has 0 aliphatic rings. The van der Waals surface area contributed by atoms with Crippen LogP contribution < -0.4 is 5.73 Å². The van der Waals surface area contributed by atoms with Gasteiger partial charge in [0.05, 0.1) is 0 Å². The van der Waals surface area contributed by atoms with E-state index in [0.717, 1.165) is 4.31 Å². The highest BCUT2D eigenvalue weighted by atomic mass is 32.2. The summed E-state index contributed by atoms with van der Waals surface area (Å²) in [5.74, 6) is -4.08. The highest BCUT2D eigenvalue weighted by Crippen LogP contribution is 2.24. The summed E-state index contributed by atoms with van der Waals surface area (Å²) in [4.78, 5) is -1.15. The van der Waals surface area contributed by atoms with E-state index in [2.05, 4.69) is 0 Å². The summed E-state index contributed by atoms with van der Waals surface area (Å²) in [6.07, 6.45) is 0.333. The highest BCUT2D eigenvalue weighted by Gasteiger charge is 2.31. The van der Waals surface area contributed by atoms with Crippen LogP contribution in [0.15, 0.2) is 17.0 Å². The topological polar surface area (TPSA) is 63.4 Å². The lowest BCUT2D eigenvalue weighted by atomic mass is 10.2. The van der Waals surface area contributed by atoms with Crippen LogP contribution in [-0.2, 0) is 10.0 Å². The van der Waals surface area contributed by atoms with Gasteiger partial charge in [-0.2, -0.15) is 4.31 Å². The van der Waals surface area contributed by atoms with E-state index in [1.165, 1.54) is 7.05 Å². The van der Waals surface area contributed by atoms with Crippen LogP contribution in [0.5, 0.6) is 0 Å². The van der Waals surface area contributed by atoms with Crippen LogP contribution in [0.3, 0.4) is 0 Å². The minimum absolute atomic E-state index is 0.232. The first-order valence-corrected chi connectivity index (χ1v) is 6.98. The van der Waals surface area contributed by atoms with Crippen LogP contribution in [0.2, 0.25) is 0 Å². The van der Waals surface area contributed by atoms with Gasteiger partial charge in [-0.15, -0.1) is 0 Å². The molecule has 1 aromatic rings. The van der Waals surface area contributed by atoms with Crippen molar-refractivity contribution < 1.29 is 21.6 Å². The van der Waals surface area contributed by atoms with Gasteiger partial charge in [0.1, 0.15) is 17.5 Å². The average Bonchev–Trinajstić information content (AvgIpc) is 2.26. The average molecular weight is 296 g/mol. The zero-order valence-electron chi connectivity index (χ0n) is 10.5. The van der Waals surface area contributed by atoms with Gasteiger partial charge in [-0.3, -0.25) is 0 Å². The molecule has 4 nitrogen and oxygen atoms in total. The number of sulfonamides is 1. The molecular formula is C11H15F3N2O2S. The summed E-state index contributed by atoms with van der Waals surface area (Å²) < 4.78 is 64.8. The summed E-state index contributed by atoms with van der Waals surface area (Å²) in [6.45, 7) is 1.79. The van der Waals surface area contributed by atoms with Crippen molar-refractivity contribution in [2.75, 3.05) is 13.6 Å². The maximum Gasteiger partial charge on any atom is 0.248 e. The Morgan fingerprint density at radius 2 is 1.74 bits per heavy atom. The van der Waals surface area contributed by atoms with Crippen molar-refractivity contribution in [3.63, 3.8) is 0 Å². The van der Waals surface area contributed by atoms with Crippen molar-refractivity contribution in [1.29, 1.82) is 0 Å². The number of benzene rings is 1. The summed E-state index contributed by atoms with van der Waals surface area (Å²) in [5.41, 5.74) is 5.31. The molecular weight excluding hydrogens is 281 g/mol. The normalized spacial score (nSPS) is 13.8. The van der Waals surface area contributed by atoms with Gasteiger partial charge in [0.2, 0.25) is 10.0 Å². The molecule has 0 bridgehead atoms. The second-order valence-electron chi connectivity index (χ2n) is 4.15. The molecule has 0 aliphatic carbocycles. The molecule has 0 fully saturated rings. The van der Waals surface area contributed by atoms with Crippen molar-refractivity contribution in [2.24, 2.45) is 5.73 Å². The first-order valence-electron chi connectivity index (χ1n) is 5.54. The van der Waals surface area contributed by atoms with Crippen molar-refractivity contribution >= 4 is 10.0 Å². The molecule has 0 aliphatic heterocycles. The van der Waals surface area contributed by atoms with Gasteiger partial charge in [-0.25, -0.2) is 21.6 Å². The second-order valence-corrected chi connectivity index (χ2v) is 6.08. The van der Waals surface area contributed by atoms with Gasteiger partial charge in [0.25, 0.3) is 0 Å². The molecule has 2 N–H and O–H groups in total. The molecule has 1 atom stereocenters. The molecule has 0 spiro atoms. The third-order valence-electron chi connectivity index (χ3n) is 2.81. The van der Waals surface area contributed by atoms with E-state index < -0.39 is 38.4 Å². The summed E-state index contributed by atoms with van der Waals surface area (Å²) >= 11 is 0. The van der Waals surface area contributed by atoms with Crippen molar-refractivity contribution in [3.05, 3.63) is 29.6 Å². The number of hydrogen-bond donors (Lipinski definition) is 1. The minimum atomic E-state index is -4.38. The van der Waals surface area contributed by atoms with Gasteiger partial charge >= 0.3 is 0 Å². The Hall–Kier alpha value is -1.12. The molecule has 0 aromatic heterocycles. The third kappa shape index (κ3) is 3.26. The molecule has 0 saturated carbocycles. The van der Waals surface area contributed by atoms with Crippen LogP contribution in [0.1, 0.15) is 13.3 Å². The van der Waals surface area contributed by atoms with E-state index in [-0.39, 0.29) is 6.54 Å². The van der Waals surface area contributed by atoms with Crippen molar-refractivity contribution in [2.45, 2.75) is 24.3 Å². The molecule has 0 heterocycles. The fourth-order valence-corrected chi connectivity index (χ4v) is 3.06. The van der Waals surface area contributed by atoms with Gasteiger partial charge in [0, 0.05) is 25.2 Å². The fraction of sp³-hybridized carbons (Fsp3) is 0.455. The lowest BCUT2D eigenvalue weighted by molar-refractivity contribution is 0.368. The maximum atomic E-state index is 13.5. The van der Waals surface area contributed by atoms with Crippen LogP contribution in [0.25, 0.3) is 0 Å². The largest absolute Gasteiger partial charge is 0.330 e. The number of nitrogens with two attached hydrogens (primary N) is 1. The Morgan fingerprint density at radius 1 is 1.26 bits per heavy atom. The van der Waals surface area contributed by atoms with Gasteiger partial charge in [0.15, 0.2) is 4.90 Å². The molecule has 1 unspecified atom stereocenters. The number of halogens is 3. The second kappa shape index (κ2) is 5.89. The van der Waals surface area contributed by atoms with Crippen LogP contribution >= 0.6 is 0 Å². The third-order valence-corrected chi connectivity index (χ3v) is 4.83. The zero-order chi connectivity index (χ0) is 14.8. The van der Waals surface area contributed by atoms with Gasteiger partial charge in [-0.05, 0) is 19.9 Å². The molecule has 0 amide bonds.